The van der Waals surface area contributed by atoms with Crippen LogP contribution in [0.25, 0.3) is 0 Å². The number of hydrogen-bond donors (Lipinski definition) is 1. The molecule has 0 unspecified atom stereocenters. The van der Waals surface area contributed by atoms with E-state index in [2.05, 4.69) is 0 Å². The van der Waals surface area contributed by atoms with Gasteiger partial charge in [0, 0.05) is 5.69 Å². The number of rotatable bonds is 0. The Balaban J connectivity index is 0.000000236. The Kier molecular flexibility index (Phi) is 6.08. The molecular formula is C8H13NS. The maximum Gasteiger partial charge on any atom is 0.0313 e. The molecule has 2 N–H and O–H groups in total. The predicted molar refractivity (Wildman–Crippen MR) is 50.3 cm³/mol. The van der Waals surface area contributed by atoms with Crippen molar-refractivity contribution in [1.82, 2.24) is 0 Å². The van der Waals surface area contributed by atoms with Crippen LogP contribution in [-0.2, 0) is 0 Å². The molecule has 0 bridgehead atoms. The van der Waals surface area contributed by atoms with Gasteiger partial charge in [-0.15, -0.1) is 0 Å². The zero-order chi connectivity index (χ0) is 7.82. The molecule has 2 heteroatoms. The van der Waals surface area contributed by atoms with Gasteiger partial charge in [0.1, 0.15) is 0 Å². The van der Waals surface area contributed by atoms with Gasteiger partial charge in [-0.3, -0.25) is 0 Å². The van der Waals surface area contributed by atoms with Crippen molar-refractivity contribution in [2.75, 3.05) is 18.2 Å². The number of thioether (sulfide) groups is 1. The molecule has 0 aliphatic carbocycles. The SMILES string of the molecule is CSC.Nc1ccccc1. The number of nitrogens with two attached hydrogens (primary N) is 1. The second-order valence-electron chi connectivity index (χ2n) is 1.82. The predicted octanol–water partition coefficient (Wildman–Crippen LogP) is 2.25. The van der Waals surface area contributed by atoms with Crippen molar-refractivity contribution in [2.24, 2.45) is 0 Å². The van der Waals surface area contributed by atoms with Crippen LogP contribution < -0.4 is 5.73 Å². The first kappa shape index (κ1) is 9.37. The van der Waals surface area contributed by atoms with Crippen molar-refractivity contribution in [2.45, 2.75) is 0 Å². The molecule has 0 radical (unpaired) electrons. The first-order valence-electron chi connectivity index (χ1n) is 3.02. The highest BCUT2D eigenvalue weighted by Crippen LogP contribution is 1.95. The fraction of sp³-hybridized carbons (Fsp3) is 0.250. The van der Waals surface area contributed by atoms with E-state index in [1.807, 2.05) is 42.8 Å². The van der Waals surface area contributed by atoms with Crippen LogP contribution in [0.5, 0.6) is 0 Å². The van der Waals surface area contributed by atoms with Gasteiger partial charge in [-0.25, -0.2) is 0 Å². The van der Waals surface area contributed by atoms with E-state index in [0.717, 1.165) is 5.69 Å². The van der Waals surface area contributed by atoms with Crippen molar-refractivity contribution in [1.29, 1.82) is 0 Å². The smallest absolute Gasteiger partial charge is 0.0313 e. The minimum Gasteiger partial charge on any atom is -0.399 e. The molecule has 0 fully saturated rings. The molecule has 0 spiro atoms. The molecule has 1 aromatic rings. The number of anilines is 1. The molecule has 0 aromatic heterocycles. The molecule has 1 aromatic carbocycles. The van der Waals surface area contributed by atoms with Crippen LogP contribution in [0.15, 0.2) is 30.3 Å². The third-order valence-electron chi connectivity index (χ3n) is 0.800. The van der Waals surface area contributed by atoms with Crippen LogP contribution in [-0.4, -0.2) is 12.5 Å². The van der Waals surface area contributed by atoms with Crippen LogP contribution in [0.3, 0.4) is 0 Å². The van der Waals surface area contributed by atoms with E-state index in [9.17, 15) is 0 Å². The van der Waals surface area contributed by atoms with E-state index < -0.39 is 0 Å². The molecule has 0 saturated heterocycles. The fourth-order valence-electron chi connectivity index (χ4n) is 0.453. The number of hydrogen-bond acceptors (Lipinski definition) is 2. The zero-order valence-corrected chi connectivity index (χ0v) is 7.19. The van der Waals surface area contributed by atoms with Crippen LogP contribution in [0, 0.1) is 0 Å². The lowest BCUT2D eigenvalue weighted by Crippen LogP contribution is -1.79. The van der Waals surface area contributed by atoms with E-state index in [1.54, 1.807) is 11.8 Å². The molecule has 0 heterocycles. The first-order chi connectivity index (χ1) is 4.81. The summed E-state index contributed by atoms with van der Waals surface area (Å²) in [5.41, 5.74) is 6.18. The average Bonchev–Trinajstić information content (AvgIpc) is 1.91. The lowest BCUT2D eigenvalue weighted by atomic mass is 10.3. The van der Waals surface area contributed by atoms with Gasteiger partial charge in [-0.05, 0) is 24.6 Å². The number of para-hydroxylation sites is 1. The molecule has 1 nitrogen and oxygen atoms in total. The monoisotopic (exact) mass is 155 g/mol. The van der Waals surface area contributed by atoms with E-state index in [4.69, 9.17) is 5.73 Å². The Morgan fingerprint density at radius 2 is 1.50 bits per heavy atom. The summed E-state index contributed by atoms with van der Waals surface area (Å²) in [6.07, 6.45) is 4.08. The number of benzene rings is 1. The summed E-state index contributed by atoms with van der Waals surface area (Å²) in [4.78, 5) is 0. The zero-order valence-electron chi connectivity index (χ0n) is 6.37. The van der Waals surface area contributed by atoms with E-state index >= 15 is 0 Å². The van der Waals surface area contributed by atoms with Gasteiger partial charge >= 0.3 is 0 Å². The maximum atomic E-state index is 5.36. The van der Waals surface area contributed by atoms with Gasteiger partial charge in [0.15, 0.2) is 0 Å². The summed E-state index contributed by atoms with van der Waals surface area (Å²) in [6.45, 7) is 0. The summed E-state index contributed by atoms with van der Waals surface area (Å²) >= 11 is 1.75. The van der Waals surface area contributed by atoms with Crippen molar-refractivity contribution in [3.05, 3.63) is 30.3 Å². The van der Waals surface area contributed by atoms with E-state index in [0.29, 0.717) is 0 Å². The lowest BCUT2D eigenvalue weighted by Gasteiger charge is -1.83. The highest BCUT2D eigenvalue weighted by molar-refractivity contribution is 7.97. The second-order valence-corrected chi connectivity index (χ2v) is 2.64. The molecule has 0 aliphatic rings. The summed E-state index contributed by atoms with van der Waals surface area (Å²) in [5, 5.41) is 0. The molecule has 0 atom stereocenters. The lowest BCUT2D eigenvalue weighted by molar-refractivity contribution is 1.69. The molecule has 0 saturated carbocycles. The van der Waals surface area contributed by atoms with Gasteiger partial charge in [-0.1, -0.05) is 18.2 Å². The number of nitrogen functional groups attached to an aromatic ring is 1. The van der Waals surface area contributed by atoms with Crippen LogP contribution in [0.4, 0.5) is 5.69 Å². The quantitative estimate of drug-likeness (QED) is 0.581. The standard InChI is InChI=1S/C6H7N.C2H6S/c7-6-4-2-1-3-5-6;1-3-2/h1-5H,7H2;1-2H3. The van der Waals surface area contributed by atoms with Gasteiger partial charge in [0.2, 0.25) is 0 Å². The largest absolute Gasteiger partial charge is 0.399 e. The first-order valence-corrected chi connectivity index (χ1v) is 4.65. The molecule has 0 amide bonds. The maximum absolute atomic E-state index is 5.36. The third kappa shape index (κ3) is 5.51. The summed E-state index contributed by atoms with van der Waals surface area (Å²) in [5.74, 6) is 0. The molecule has 1 rings (SSSR count). The normalized spacial score (nSPS) is 7.80. The topological polar surface area (TPSA) is 26.0 Å². The Labute approximate surface area is 66.6 Å². The molecule has 10 heavy (non-hydrogen) atoms. The van der Waals surface area contributed by atoms with Gasteiger partial charge < -0.3 is 5.73 Å². The van der Waals surface area contributed by atoms with E-state index in [-0.39, 0.29) is 0 Å². The molecule has 56 valence electrons. The molecule has 0 aliphatic heterocycles. The fourth-order valence-corrected chi connectivity index (χ4v) is 0.453. The van der Waals surface area contributed by atoms with Crippen molar-refractivity contribution >= 4 is 17.4 Å². The average molecular weight is 155 g/mol. The Morgan fingerprint density at radius 3 is 1.70 bits per heavy atom. The van der Waals surface area contributed by atoms with Gasteiger partial charge in [0.25, 0.3) is 0 Å². The Morgan fingerprint density at radius 1 is 1.10 bits per heavy atom. The van der Waals surface area contributed by atoms with Crippen LogP contribution in [0.2, 0.25) is 0 Å². The summed E-state index contributed by atoms with van der Waals surface area (Å²) in [7, 11) is 0. The highest BCUT2D eigenvalue weighted by atomic mass is 32.2. The van der Waals surface area contributed by atoms with Crippen molar-refractivity contribution < 1.29 is 0 Å². The Bertz CT molecular complexity index is 151. The van der Waals surface area contributed by atoms with Crippen LogP contribution in [0.1, 0.15) is 0 Å². The Hall–Kier alpha value is -0.630. The summed E-state index contributed by atoms with van der Waals surface area (Å²) in [6, 6.07) is 9.49. The van der Waals surface area contributed by atoms with Gasteiger partial charge in [-0.2, -0.15) is 11.8 Å². The minimum absolute atomic E-state index is 0.822. The third-order valence-corrected chi connectivity index (χ3v) is 0.800. The minimum atomic E-state index is 0.822. The van der Waals surface area contributed by atoms with E-state index in [1.165, 1.54) is 0 Å². The van der Waals surface area contributed by atoms with Crippen molar-refractivity contribution in [3.63, 3.8) is 0 Å². The van der Waals surface area contributed by atoms with Crippen molar-refractivity contribution in [3.8, 4) is 0 Å². The summed E-state index contributed by atoms with van der Waals surface area (Å²) < 4.78 is 0. The van der Waals surface area contributed by atoms with Crippen LogP contribution >= 0.6 is 11.8 Å². The second kappa shape index (κ2) is 6.49. The molecular weight excluding hydrogens is 142 g/mol. The highest BCUT2D eigenvalue weighted by Gasteiger charge is 1.72. The van der Waals surface area contributed by atoms with Gasteiger partial charge in [0.05, 0.1) is 0 Å².